The minimum absolute atomic E-state index is 0.0655. The van der Waals surface area contributed by atoms with Gasteiger partial charge in [-0.2, -0.15) is 5.01 Å². The predicted molar refractivity (Wildman–Crippen MR) is 102 cm³/mol. The fourth-order valence-electron chi connectivity index (χ4n) is 2.65. The lowest BCUT2D eigenvalue weighted by Crippen LogP contribution is -2.21. The molecular weight excluding hydrogens is 366 g/mol. The number of phenolic OH excluding ortho intramolecular Hbond substituents is 1. The molecule has 9 heteroatoms. The van der Waals surface area contributed by atoms with Crippen LogP contribution >= 0.6 is 0 Å². The number of nitro groups is 1. The highest BCUT2D eigenvalue weighted by molar-refractivity contribution is 6.30. The van der Waals surface area contributed by atoms with Gasteiger partial charge in [-0.05, 0) is 37.3 Å². The molecule has 2 aromatic rings. The van der Waals surface area contributed by atoms with Crippen molar-refractivity contribution in [1.29, 1.82) is 0 Å². The molecule has 2 aromatic carbocycles. The van der Waals surface area contributed by atoms with Crippen molar-refractivity contribution in [3.63, 3.8) is 0 Å². The number of aromatic hydroxyl groups is 1. The molecule has 0 spiro atoms. The molecule has 144 valence electrons. The third-order valence-electron chi connectivity index (χ3n) is 3.98. The number of rotatable bonds is 5. The molecule has 0 saturated carbocycles. The van der Waals surface area contributed by atoms with Gasteiger partial charge in [-0.15, -0.1) is 5.10 Å². The van der Waals surface area contributed by atoms with E-state index in [1.807, 2.05) is 0 Å². The van der Waals surface area contributed by atoms with Gasteiger partial charge in [-0.25, -0.2) is 0 Å². The number of ether oxygens (including phenoxy) is 2. The Hall–Kier alpha value is -3.88. The molecule has 0 unspecified atom stereocenters. The first-order valence-electron chi connectivity index (χ1n) is 8.34. The lowest BCUT2D eigenvalue weighted by Gasteiger charge is -2.11. The Balaban J connectivity index is 2.03. The summed E-state index contributed by atoms with van der Waals surface area (Å²) >= 11 is 0. The van der Waals surface area contributed by atoms with E-state index in [9.17, 15) is 20.0 Å². The zero-order valence-corrected chi connectivity index (χ0v) is 15.2. The summed E-state index contributed by atoms with van der Waals surface area (Å²) in [5.74, 6) is -0.104. The van der Waals surface area contributed by atoms with Crippen LogP contribution in [-0.4, -0.2) is 35.6 Å². The number of nitro benzene ring substituents is 1. The van der Waals surface area contributed by atoms with Crippen LogP contribution in [0.3, 0.4) is 0 Å². The van der Waals surface area contributed by atoms with Crippen LogP contribution in [0.2, 0.25) is 0 Å². The first kappa shape index (κ1) is 18.9. The van der Waals surface area contributed by atoms with Crippen LogP contribution < -0.4 is 9.75 Å². The normalized spacial score (nSPS) is 14.9. The van der Waals surface area contributed by atoms with Crippen molar-refractivity contribution in [2.45, 2.75) is 6.92 Å². The molecule has 1 N–H and O–H groups in total. The van der Waals surface area contributed by atoms with E-state index in [0.29, 0.717) is 17.0 Å². The van der Waals surface area contributed by atoms with Gasteiger partial charge < -0.3 is 14.6 Å². The first-order chi connectivity index (χ1) is 13.5. The Morgan fingerprint density at radius 3 is 2.57 bits per heavy atom. The molecule has 0 fully saturated rings. The number of hydrogen-bond donors (Lipinski definition) is 1. The number of methoxy groups -OCH3 is 1. The van der Waals surface area contributed by atoms with Crippen LogP contribution in [0.4, 0.5) is 11.4 Å². The van der Waals surface area contributed by atoms with E-state index < -0.39 is 10.8 Å². The van der Waals surface area contributed by atoms with Gasteiger partial charge >= 0.3 is 0 Å². The Morgan fingerprint density at radius 2 is 1.96 bits per heavy atom. The van der Waals surface area contributed by atoms with Gasteiger partial charge in [0, 0.05) is 12.1 Å². The second kappa shape index (κ2) is 7.78. The van der Waals surface area contributed by atoms with Crippen molar-refractivity contribution < 1.29 is 24.3 Å². The maximum absolute atomic E-state index is 12.9. The van der Waals surface area contributed by atoms with Crippen LogP contribution in [0, 0.1) is 10.1 Å². The zero-order valence-electron chi connectivity index (χ0n) is 15.2. The summed E-state index contributed by atoms with van der Waals surface area (Å²) in [4.78, 5) is 23.2. The second-order valence-electron chi connectivity index (χ2n) is 5.68. The van der Waals surface area contributed by atoms with Crippen molar-refractivity contribution in [2.24, 2.45) is 5.10 Å². The molecule has 1 aliphatic heterocycles. The average molecular weight is 383 g/mol. The van der Waals surface area contributed by atoms with Crippen molar-refractivity contribution in [1.82, 2.24) is 0 Å². The number of hydrazone groups is 1. The highest BCUT2D eigenvalue weighted by atomic mass is 16.6. The number of carbonyl (C=O) groups is 1. The highest BCUT2D eigenvalue weighted by Gasteiger charge is 2.33. The number of nitrogens with zero attached hydrogens (tertiary/aromatic N) is 3. The van der Waals surface area contributed by atoms with E-state index in [4.69, 9.17) is 9.47 Å². The summed E-state index contributed by atoms with van der Waals surface area (Å²) < 4.78 is 10.7. The molecule has 1 aliphatic rings. The molecule has 3 rings (SSSR count). The van der Waals surface area contributed by atoms with Crippen LogP contribution in [0.1, 0.15) is 12.5 Å². The van der Waals surface area contributed by atoms with Gasteiger partial charge in [0.05, 0.1) is 29.9 Å². The fourth-order valence-corrected chi connectivity index (χ4v) is 2.65. The number of anilines is 1. The monoisotopic (exact) mass is 383 g/mol. The van der Waals surface area contributed by atoms with Crippen molar-refractivity contribution in [3.8, 4) is 11.5 Å². The number of amides is 1. The lowest BCUT2D eigenvalue weighted by molar-refractivity contribution is -0.384. The summed E-state index contributed by atoms with van der Waals surface area (Å²) in [6.07, 6.45) is 1.44. The Bertz CT molecular complexity index is 982. The summed E-state index contributed by atoms with van der Waals surface area (Å²) in [7, 11) is 1.45. The molecular formula is C19H17N3O6. The molecule has 28 heavy (non-hydrogen) atoms. The lowest BCUT2D eigenvalue weighted by atomic mass is 10.1. The minimum Gasteiger partial charge on any atom is -0.507 e. The van der Waals surface area contributed by atoms with Gasteiger partial charge in [-0.1, -0.05) is 6.07 Å². The highest BCUT2D eigenvalue weighted by Crippen LogP contribution is 2.33. The standard InChI is InChI=1S/C19H17N3O6/c1-3-28-18-15(11-14-16(23)5-4-6-17(14)27-2)19(24)21(20-18)12-7-9-13(10-8-12)22(25)26/h4-11,23H,3H2,1-2H3/b15-11+. The molecule has 0 radical (unpaired) electrons. The Morgan fingerprint density at radius 1 is 1.25 bits per heavy atom. The molecule has 1 amide bonds. The van der Waals surface area contributed by atoms with E-state index >= 15 is 0 Å². The molecule has 0 saturated heterocycles. The Labute approximate surface area is 160 Å². The first-order valence-corrected chi connectivity index (χ1v) is 8.34. The van der Waals surface area contributed by atoms with Gasteiger partial charge in [0.25, 0.3) is 11.6 Å². The number of carbonyl (C=O) groups excluding carboxylic acids is 1. The molecule has 0 aliphatic carbocycles. The number of non-ortho nitro benzene ring substituents is 1. The fraction of sp³-hybridized carbons (Fsp3) is 0.158. The van der Waals surface area contributed by atoms with Crippen LogP contribution in [0.25, 0.3) is 6.08 Å². The molecule has 0 atom stereocenters. The van der Waals surface area contributed by atoms with E-state index in [1.54, 1.807) is 19.1 Å². The summed E-state index contributed by atoms with van der Waals surface area (Å²) in [5, 5.41) is 26.2. The number of phenols is 1. The maximum Gasteiger partial charge on any atom is 0.284 e. The average Bonchev–Trinajstić information content (AvgIpc) is 2.99. The number of benzene rings is 2. The quantitative estimate of drug-likeness (QED) is 0.482. The third-order valence-corrected chi connectivity index (χ3v) is 3.98. The topological polar surface area (TPSA) is 114 Å². The van der Waals surface area contributed by atoms with Crippen molar-refractivity contribution in [2.75, 3.05) is 18.7 Å². The molecule has 0 aromatic heterocycles. The number of hydrogen-bond acceptors (Lipinski definition) is 7. The summed E-state index contributed by atoms with van der Waals surface area (Å²) in [5.41, 5.74) is 0.686. The SMILES string of the molecule is CCOC1=NN(c2ccc([N+](=O)[O-])cc2)C(=O)/C1=C/c1c(O)cccc1OC. The largest absolute Gasteiger partial charge is 0.507 e. The van der Waals surface area contributed by atoms with Gasteiger partial charge in [0.2, 0.25) is 5.90 Å². The third kappa shape index (κ3) is 3.50. The van der Waals surface area contributed by atoms with Crippen molar-refractivity contribution in [3.05, 3.63) is 63.7 Å². The van der Waals surface area contributed by atoms with Crippen LogP contribution in [-0.2, 0) is 9.53 Å². The van der Waals surface area contributed by atoms with E-state index in [0.717, 1.165) is 5.01 Å². The summed E-state index contributed by atoms with van der Waals surface area (Å²) in [6, 6.07) is 10.2. The van der Waals surface area contributed by atoms with Crippen LogP contribution in [0.5, 0.6) is 11.5 Å². The van der Waals surface area contributed by atoms with Gasteiger partial charge in [0.15, 0.2) is 0 Å². The Kier molecular flexibility index (Phi) is 5.25. The minimum atomic E-state index is -0.528. The smallest absolute Gasteiger partial charge is 0.284 e. The van der Waals surface area contributed by atoms with E-state index in [1.165, 1.54) is 43.5 Å². The van der Waals surface area contributed by atoms with Crippen LogP contribution in [0.15, 0.2) is 53.1 Å². The second-order valence-corrected chi connectivity index (χ2v) is 5.68. The molecule has 1 heterocycles. The van der Waals surface area contributed by atoms with Crippen molar-refractivity contribution >= 4 is 29.3 Å². The van der Waals surface area contributed by atoms with E-state index in [2.05, 4.69) is 5.10 Å². The van der Waals surface area contributed by atoms with Gasteiger partial charge in [-0.3, -0.25) is 14.9 Å². The maximum atomic E-state index is 12.9. The summed E-state index contributed by atoms with van der Waals surface area (Å²) in [6.45, 7) is 2.02. The van der Waals surface area contributed by atoms with E-state index in [-0.39, 0.29) is 29.5 Å². The predicted octanol–water partition coefficient (Wildman–Crippen LogP) is 3.09. The molecule has 0 bridgehead atoms. The molecule has 9 nitrogen and oxygen atoms in total. The van der Waals surface area contributed by atoms with Gasteiger partial charge in [0.1, 0.15) is 17.1 Å². The zero-order chi connectivity index (χ0) is 20.3.